The maximum atomic E-state index is 9.62. The summed E-state index contributed by atoms with van der Waals surface area (Å²) in [5, 5.41) is 14.8. The molecule has 0 amide bonds. The van der Waals surface area contributed by atoms with Crippen LogP contribution in [0.15, 0.2) is 41.1 Å². The van der Waals surface area contributed by atoms with Crippen LogP contribution in [-0.2, 0) is 0 Å². The number of oxazole rings is 1. The minimum absolute atomic E-state index is 0.107. The lowest BCUT2D eigenvalue weighted by Crippen LogP contribution is -2.08. The Morgan fingerprint density at radius 2 is 2.10 bits per heavy atom. The number of benzene rings is 1. The first kappa shape index (κ1) is 12.5. The number of hydrogen-bond acceptors (Lipinski definition) is 5. The summed E-state index contributed by atoms with van der Waals surface area (Å²) in [6.45, 7) is 3.81. The molecular formula is C15H15N3O2. The van der Waals surface area contributed by atoms with Gasteiger partial charge in [0.05, 0.1) is 6.20 Å². The van der Waals surface area contributed by atoms with Crippen molar-refractivity contribution < 1.29 is 9.52 Å². The number of rotatable bonds is 3. The third-order valence-electron chi connectivity index (χ3n) is 3.11. The first-order valence-electron chi connectivity index (χ1n) is 6.40. The fourth-order valence-corrected chi connectivity index (χ4v) is 2.11. The van der Waals surface area contributed by atoms with Crippen molar-refractivity contribution in [1.82, 2.24) is 9.97 Å². The van der Waals surface area contributed by atoms with Crippen molar-refractivity contribution in [3.8, 4) is 5.75 Å². The lowest BCUT2D eigenvalue weighted by atomic mass is 10.1. The summed E-state index contributed by atoms with van der Waals surface area (Å²) < 4.78 is 5.50. The van der Waals surface area contributed by atoms with E-state index in [1.165, 1.54) is 0 Å². The van der Waals surface area contributed by atoms with Gasteiger partial charge < -0.3 is 14.8 Å². The van der Waals surface area contributed by atoms with Crippen molar-refractivity contribution >= 4 is 16.6 Å². The number of nitrogens with one attached hydrogen (secondary N) is 1. The molecule has 0 aliphatic carbocycles. The fraction of sp³-hybridized carbons (Fsp3) is 0.200. The first-order valence-corrected chi connectivity index (χ1v) is 6.40. The molecule has 102 valence electrons. The third kappa shape index (κ3) is 2.30. The number of phenolic OH excluding ortho intramolecular Hbond substituents is 1. The van der Waals surface area contributed by atoms with Gasteiger partial charge >= 0.3 is 0 Å². The zero-order valence-electron chi connectivity index (χ0n) is 11.3. The maximum Gasteiger partial charge on any atom is 0.216 e. The van der Waals surface area contributed by atoms with Crippen LogP contribution in [0.3, 0.4) is 0 Å². The topological polar surface area (TPSA) is 71.2 Å². The average Bonchev–Trinajstić information content (AvgIpc) is 2.86. The molecule has 3 aromatic rings. The van der Waals surface area contributed by atoms with Crippen LogP contribution < -0.4 is 5.32 Å². The molecule has 0 radical (unpaired) electrons. The molecule has 2 aromatic heterocycles. The lowest BCUT2D eigenvalue weighted by Gasteiger charge is -2.13. The van der Waals surface area contributed by atoms with Crippen LogP contribution in [0, 0.1) is 6.92 Å². The molecule has 5 nitrogen and oxygen atoms in total. The monoisotopic (exact) mass is 269 g/mol. The predicted molar refractivity (Wildman–Crippen MR) is 76.7 cm³/mol. The molecule has 1 unspecified atom stereocenters. The number of aryl methyl sites for hydroxylation is 1. The first-order chi connectivity index (χ1) is 9.63. The van der Waals surface area contributed by atoms with E-state index >= 15 is 0 Å². The van der Waals surface area contributed by atoms with Gasteiger partial charge in [-0.3, -0.25) is 0 Å². The van der Waals surface area contributed by atoms with E-state index in [4.69, 9.17) is 4.42 Å². The molecular weight excluding hydrogens is 254 g/mol. The Morgan fingerprint density at radius 1 is 1.25 bits per heavy atom. The van der Waals surface area contributed by atoms with Crippen molar-refractivity contribution in [2.75, 3.05) is 5.32 Å². The van der Waals surface area contributed by atoms with Gasteiger partial charge in [0.2, 0.25) is 5.89 Å². The quantitative estimate of drug-likeness (QED) is 0.762. The highest BCUT2D eigenvalue weighted by atomic mass is 16.4. The Hall–Kier alpha value is -2.56. The summed E-state index contributed by atoms with van der Waals surface area (Å²) in [5.74, 6) is 2.30. The van der Waals surface area contributed by atoms with E-state index in [0.717, 1.165) is 16.5 Å². The summed E-state index contributed by atoms with van der Waals surface area (Å²) in [6, 6.07) is 7.01. The number of nitrogens with zero attached hydrogens (tertiary/aromatic N) is 2. The van der Waals surface area contributed by atoms with Gasteiger partial charge in [0.15, 0.2) is 0 Å². The van der Waals surface area contributed by atoms with Gasteiger partial charge in [-0.25, -0.2) is 9.97 Å². The van der Waals surface area contributed by atoms with E-state index in [-0.39, 0.29) is 11.8 Å². The highest BCUT2D eigenvalue weighted by Gasteiger charge is 2.13. The Kier molecular flexibility index (Phi) is 3.02. The third-order valence-corrected chi connectivity index (χ3v) is 3.11. The second kappa shape index (κ2) is 4.85. The second-order valence-corrected chi connectivity index (χ2v) is 4.74. The Labute approximate surface area is 116 Å². The Balaban J connectivity index is 1.96. The molecule has 0 saturated heterocycles. The highest BCUT2D eigenvalue weighted by Crippen LogP contribution is 2.27. The van der Waals surface area contributed by atoms with E-state index in [0.29, 0.717) is 11.7 Å². The summed E-state index contributed by atoms with van der Waals surface area (Å²) in [4.78, 5) is 8.53. The number of phenols is 1. The fourth-order valence-electron chi connectivity index (χ4n) is 2.11. The van der Waals surface area contributed by atoms with Gasteiger partial charge in [0.1, 0.15) is 23.4 Å². The van der Waals surface area contributed by atoms with Crippen LogP contribution in [0.2, 0.25) is 0 Å². The smallest absolute Gasteiger partial charge is 0.216 e. The molecule has 1 aromatic carbocycles. The van der Waals surface area contributed by atoms with Gasteiger partial charge in [-0.05, 0) is 37.4 Å². The van der Waals surface area contributed by atoms with Crippen molar-refractivity contribution in [1.29, 1.82) is 0 Å². The van der Waals surface area contributed by atoms with Crippen LogP contribution in [-0.4, -0.2) is 15.1 Å². The standard InChI is InChI=1S/C15H15N3O2/c1-9-8-17-15(20-9)10(2)18-14-13-7-12(19)4-3-11(13)5-6-16-14/h3-8,10,19H,1-2H3,(H,16,18). The van der Waals surface area contributed by atoms with Gasteiger partial charge in [-0.2, -0.15) is 0 Å². The van der Waals surface area contributed by atoms with Crippen LogP contribution in [0.1, 0.15) is 24.6 Å². The minimum atomic E-state index is -0.107. The number of aromatic nitrogens is 2. The molecule has 0 aliphatic rings. The van der Waals surface area contributed by atoms with Crippen molar-refractivity contribution in [3.63, 3.8) is 0 Å². The summed E-state index contributed by atoms with van der Waals surface area (Å²) in [7, 11) is 0. The molecule has 0 aliphatic heterocycles. The molecule has 0 fully saturated rings. The van der Waals surface area contributed by atoms with Crippen LogP contribution in [0.4, 0.5) is 5.82 Å². The second-order valence-electron chi connectivity index (χ2n) is 4.74. The largest absolute Gasteiger partial charge is 0.508 e. The SMILES string of the molecule is Cc1cnc(C(C)Nc2nccc3ccc(O)cc23)o1. The molecule has 5 heteroatoms. The molecule has 2 N–H and O–H groups in total. The van der Waals surface area contributed by atoms with Crippen molar-refractivity contribution in [2.45, 2.75) is 19.9 Å². The zero-order valence-corrected chi connectivity index (χ0v) is 11.3. The van der Waals surface area contributed by atoms with Gasteiger partial charge in [0, 0.05) is 11.6 Å². The zero-order chi connectivity index (χ0) is 14.1. The molecule has 20 heavy (non-hydrogen) atoms. The molecule has 0 saturated carbocycles. The summed E-state index contributed by atoms with van der Waals surface area (Å²) in [5.41, 5.74) is 0. The highest BCUT2D eigenvalue weighted by molar-refractivity contribution is 5.92. The van der Waals surface area contributed by atoms with Gasteiger partial charge in [-0.15, -0.1) is 0 Å². The number of aromatic hydroxyl groups is 1. The van der Waals surface area contributed by atoms with Crippen LogP contribution >= 0.6 is 0 Å². The van der Waals surface area contributed by atoms with Crippen LogP contribution in [0.5, 0.6) is 5.75 Å². The number of anilines is 1. The molecule has 2 heterocycles. The van der Waals surface area contributed by atoms with Gasteiger partial charge in [0.25, 0.3) is 0 Å². The van der Waals surface area contributed by atoms with E-state index in [1.807, 2.05) is 26.0 Å². The average molecular weight is 269 g/mol. The summed E-state index contributed by atoms with van der Waals surface area (Å²) >= 11 is 0. The number of hydrogen-bond donors (Lipinski definition) is 2. The summed E-state index contributed by atoms with van der Waals surface area (Å²) in [6.07, 6.45) is 3.42. The maximum absolute atomic E-state index is 9.62. The molecule has 3 rings (SSSR count). The van der Waals surface area contributed by atoms with E-state index in [9.17, 15) is 5.11 Å². The molecule has 0 spiro atoms. The van der Waals surface area contributed by atoms with E-state index < -0.39 is 0 Å². The van der Waals surface area contributed by atoms with Crippen LogP contribution in [0.25, 0.3) is 10.8 Å². The lowest BCUT2D eigenvalue weighted by molar-refractivity contribution is 0.453. The van der Waals surface area contributed by atoms with Crippen molar-refractivity contribution in [3.05, 3.63) is 48.3 Å². The van der Waals surface area contributed by atoms with E-state index in [1.54, 1.807) is 24.5 Å². The van der Waals surface area contributed by atoms with E-state index in [2.05, 4.69) is 15.3 Å². The van der Waals surface area contributed by atoms with Crippen molar-refractivity contribution in [2.24, 2.45) is 0 Å². The Morgan fingerprint density at radius 3 is 2.85 bits per heavy atom. The molecule has 0 bridgehead atoms. The Bertz CT molecular complexity index is 752. The predicted octanol–water partition coefficient (Wildman–Crippen LogP) is 3.41. The normalized spacial score (nSPS) is 12.5. The number of fused-ring (bicyclic) bond motifs is 1. The molecule has 1 atom stereocenters. The van der Waals surface area contributed by atoms with Gasteiger partial charge in [-0.1, -0.05) is 6.07 Å². The minimum Gasteiger partial charge on any atom is -0.508 e. The number of pyridine rings is 1.